The van der Waals surface area contributed by atoms with Crippen LogP contribution in [0.5, 0.6) is 0 Å². The molecule has 0 amide bonds. The van der Waals surface area contributed by atoms with Gasteiger partial charge in [-0.1, -0.05) is 19.9 Å². The average Bonchev–Trinajstić information content (AvgIpc) is 2.33. The maximum Gasteiger partial charge on any atom is 0.416 e. The third kappa shape index (κ3) is 3.96. The van der Waals surface area contributed by atoms with Crippen LogP contribution in [-0.4, -0.2) is 17.8 Å². The van der Waals surface area contributed by atoms with E-state index < -0.39 is 23.9 Å². The Bertz CT molecular complexity index is 441. The van der Waals surface area contributed by atoms with Gasteiger partial charge in [0.15, 0.2) is 0 Å². The van der Waals surface area contributed by atoms with E-state index in [1.807, 2.05) is 20.8 Å². The van der Waals surface area contributed by atoms with Gasteiger partial charge in [-0.15, -0.1) is 0 Å². The van der Waals surface area contributed by atoms with E-state index in [0.717, 1.165) is 12.1 Å². The van der Waals surface area contributed by atoms with Gasteiger partial charge in [0, 0.05) is 6.61 Å². The Kier molecular flexibility index (Phi) is 5.59. The van der Waals surface area contributed by atoms with E-state index in [2.05, 4.69) is 0 Å². The number of rotatable bonds is 5. The van der Waals surface area contributed by atoms with E-state index in [4.69, 9.17) is 4.74 Å². The van der Waals surface area contributed by atoms with Crippen LogP contribution < -0.4 is 0 Å². The summed E-state index contributed by atoms with van der Waals surface area (Å²) in [5.41, 5.74) is 0.186. The molecule has 0 fully saturated rings. The number of halogens is 3. The van der Waals surface area contributed by atoms with Crippen molar-refractivity contribution in [1.82, 2.24) is 0 Å². The lowest BCUT2D eigenvalue weighted by Crippen LogP contribution is -2.28. The molecule has 20 heavy (non-hydrogen) atoms. The minimum atomic E-state index is -4.37. The zero-order valence-corrected chi connectivity index (χ0v) is 12.2. The van der Waals surface area contributed by atoms with Crippen LogP contribution in [0, 0.1) is 12.8 Å². The van der Waals surface area contributed by atoms with Crippen LogP contribution in [0.1, 0.15) is 43.6 Å². The number of benzene rings is 1. The maximum atomic E-state index is 12.6. The molecule has 2 atom stereocenters. The van der Waals surface area contributed by atoms with Gasteiger partial charge in [-0.05, 0) is 43.0 Å². The van der Waals surface area contributed by atoms with Gasteiger partial charge in [0.25, 0.3) is 0 Å². The lowest BCUT2D eigenvalue weighted by atomic mass is 9.92. The highest BCUT2D eigenvalue weighted by molar-refractivity contribution is 5.34. The second-order valence-corrected chi connectivity index (χ2v) is 5.18. The molecular weight excluding hydrogens is 269 g/mol. The van der Waals surface area contributed by atoms with Crippen molar-refractivity contribution < 1.29 is 23.0 Å². The van der Waals surface area contributed by atoms with Crippen molar-refractivity contribution in [3.05, 3.63) is 34.9 Å². The molecule has 1 N–H and O–H groups in total. The summed E-state index contributed by atoms with van der Waals surface area (Å²) in [5, 5.41) is 10.4. The minimum Gasteiger partial charge on any atom is -0.386 e. The fourth-order valence-electron chi connectivity index (χ4n) is 2.20. The van der Waals surface area contributed by atoms with Crippen LogP contribution >= 0.6 is 0 Å². The standard InChI is InChI=1S/C15H21F3O2/c1-5-20-14(9(2)3)13(19)12-7-6-11(8-10(12)4)15(16,17)18/h6-9,13-14,19H,5H2,1-4H3. The van der Waals surface area contributed by atoms with Gasteiger partial charge < -0.3 is 9.84 Å². The van der Waals surface area contributed by atoms with E-state index in [9.17, 15) is 18.3 Å². The molecule has 2 unspecified atom stereocenters. The molecule has 0 aliphatic heterocycles. The highest BCUT2D eigenvalue weighted by Gasteiger charge is 2.32. The Morgan fingerprint density at radius 3 is 2.25 bits per heavy atom. The van der Waals surface area contributed by atoms with Crippen molar-refractivity contribution in [3.63, 3.8) is 0 Å². The first-order chi connectivity index (χ1) is 9.18. The van der Waals surface area contributed by atoms with Gasteiger partial charge in [-0.25, -0.2) is 0 Å². The van der Waals surface area contributed by atoms with Crippen LogP contribution in [0.15, 0.2) is 18.2 Å². The summed E-state index contributed by atoms with van der Waals surface area (Å²) in [4.78, 5) is 0. The van der Waals surface area contributed by atoms with Crippen molar-refractivity contribution in [3.8, 4) is 0 Å². The van der Waals surface area contributed by atoms with Crippen LogP contribution in [0.25, 0.3) is 0 Å². The van der Waals surface area contributed by atoms with E-state index in [0.29, 0.717) is 17.7 Å². The van der Waals surface area contributed by atoms with Crippen molar-refractivity contribution >= 4 is 0 Å². The first-order valence-electron chi connectivity index (χ1n) is 6.65. The van der Waals surface area contributed by atoms with Gasteiger partial charge in [-0.2, -0.15) is 13.2 Å². The summed E-state index contributed by atoms with van der Waals surface area (Å²) < 4.78 is 43.4. The molecule has 1 aromatic carbocycles. The number of alkyl halides is 3. The van der Waals surface area contributed by atoms with Gasteiger partial charge in [0.2, 0.25) is 0 Å². The van der Waals surface area contributed by atoms with E-state index in [1.165, 1.54) is 6.07 Å². The summed E-state index contributed by atoms with van der Waals surface area (Å²) in [5.74, 6) is 0.0617. The molecule has 5 heteroatoms. The maximum absolute atomic E-state index is 12.6. The smallest absolute Gasteiger partial charge is 0.386 e. The Labute approximate surface area is 117 Å². The minimum absolute atomic E-state index is 0.0617. The lowest BCUT2D eigenvalue weighted by Gasteiger charge is -2.27. The zero-order chi connectivity index (χ0) is 15.5. The lowest BCUT2D eigenvalue weighted by molar-refractivity contribution is -0.137. The molecular formula is C15H21F3O2. The highest BCUT2D eigenvalue weighted by Crippen LogP contribution is 2.33. The summed E-state index contributed by atoms with van der Waals surface area (Å²) >= 11 is 0. The fourth-order valence-corrected chi connectivity index (χ4v) is 2.20. The van der Waals surface area contributed by atoms with Gasteiger partial charge in [0.05, 0.1) is 11.7 Å². The van der Waals surface area contributed by atoms with Crippen molar-refractivity contribution in [2.45, 2.75) is 46.1 Å². The molecule has 0 spiro atoms. The second kappa shape index (κ2) is 6.59. The zero-order valence-electron chi connectivity index (χ0n) is 12.2. The molecule has 0 saturated carbocycles. The van der Waals surface area contributed by atoms with Crippen molar-refractivity contribution in [2.75, 3.05) is 6.61 Å². The van der Waals surface area contributed by atoms with Crippen LogP contribution in [-0.2, 0) is 10.9 Å². The first-order valence-corrected chi connectivity index (χ1v) is 6.65. The molecule has 0 aliphatic rings. The number of hydrogen-bond donors (Lipinski definition) is 1. The molecule has 0 bridgehead atoms. The first kappa shape index (κ1) is 17.0. The van der Waals surface area contributed by atoms with Gasteiger partial charge >= 0.3 is 6.18 Å². The normalized spacial score (nSPS) is 15.4. The van der Waals surface area contributed by atoms with Crippen molar-refractivity contribution in [2.24, 2.45) is 5.92 Å². The fraction of sp³-hybridized carbons (Fsp3) is 0.600. The van der Waals surface area contributed by atoms with Crippen molar-refractivity contribution in [1.29, 1.82) is 0 Å². The van der Waals surface area contributed by atoms with Crippen LogP contribution in [0.3, 0.4) is 0 Å². The third-order valence-electron chi connectivity index (χ3n) is 3.24. The second-order valence-electron chi connectivity index (χ2n) is 5.18. The Hall–Kier alpha value is -1.07. The van der Waals surface area contributed by atoms with E-state index in [-0.39, 0.29) is 5.92 Å². The molecule has 1 rings (SSSR count). The predicted molar refractivity (Wildman–Crippen MR) is 71.4 cm³/mol. The Morgan fingerprint density at radius 1 is 1.25 bits per heavy atom. The Morgan fingerprint density at radius 2 is 1.85 bits per heavy atom. The molecule has 0 radical (unpaired) electrons. The summed E-state index contributed by atoms with van der Waals surface area (Å²) in [7, 11) is 0. The summed E-state index contributed by atoms with van der Waals surface area (Å²) in [6, 6.07) is 3.38. The molecule has 1 aromatic rings. The van der Waals surface area contributed by atoms with Gasteiger partial charge in [-0.3, -0.25) is 0 Å². The topological polar surface area (TPSA) is 29.5 Å². The molecule has 114 valence electrons. The monoisotopic (exact) mass is 290 g/mol. The molecule has 0 saturated heterocycles. The van der Waals surface area contributed by atoms with Crippen LogP contribution in [0.4, 0.5) is 13.2 Å². The highest BCUT2D eigenvalue weighted by atomic mass is 19.4. The van der Waals surface area contributed by atoms with E-state index in [1.54, 1.807) is 6.92 Å². The van der Waals surface area contributed by atoms with Gasteiger partial charge in [0.1, 0.15) is 6.10 Å². The predicted octanol–water partition coefficient (Wildman–Crippen LogP) is 4.11. The summed E-state index contributed by atoms with van der Waals surface area (Å²) in [6.07, 6.45) is -5.74. The SMILES string of the molecule is CCOC(C(C)C)C(O)c1ccc(C(F)(F)F)cc1C. The number of hydrogen-bond acceptors (Lipinski definition) is 2. The number of aliphatic hydroxyl groups excluding tert-OH is 1. The number of aliphatic hydroxyl groups is 1. The Balaban J connectivity index is 3.07. The average molecular weight is 290 g/mol. The quantitative estimate of drug-likeness (QED) is 0.884. The van der Waals surface area contributed by atoms with E-state index >= 15 is 0 Å². The number of ether oxygens (including phenoxy) is 1. The molecule has 0 aromatic heterocycles. The number of aryl methyl sites for hydroxylation is 1. The molecule has 2 nitrogen and oxygen atoms in total. The van der Waals surface area contributed by atoms with Crippen LogP contribution in [0.2, 0.25) is 0 Å². The molecule has 0 aliphatic carbocycles. The largest absolute Gasteiger partial charge is 0.416 e. The summed E-state index contributed by atoms with van der Waals surface area (Å²) in [6.45, 7) is 7.64. The third-order valence-corrected chi connectivity index (χ3v) is 3.24. The molecule has 0 heterocycles.